The molecule has 0 aliphatic heterocycles. The van der Waals surface area contributed by atoms with Gasteiger partial charge in [0.15, 0.2) is 0 Å². The first-order valence-corrected chi connectivity index (χ1v) is 6.01. The van der Waals surface area contributed by atoms with Crippen LogP contribution in [0.5, 0.6) is 0 Å². The molecular formula is C10H17N3OS. The van der Waals surface area contributed by atoms with Crippen molar-refractivity contribution in [3.05, 3.63) is 16.1 Å². The van der Waals surface area contributed by atoms with E-state index in [4.69, 9.17) is 5.73 Å². The van der Waals surface area contributed by atoms with Crippen LogP contribution in [0.25, 0.3) is 0 Å². The van der Waals surface area contributed by atoms with E-state index >= 15 is 0 Å². The Balaban J connectivity index is 2.40. The van der Waals surface area contributed by atoms with Crippen LogP contribution in [0.2, 0.25) is 0 Å². The van der Waals surface area contributed by atoms with Gasteiger partial charge in [-0.15, -0.1) is 11.3 Å². The molecule has 0 aromatic carbocycles. The summed E-state index contributed by atoms with van der Waals surface area (Å²) in [5, 5.41) is 5.83. The normalized spacial score (nSPS) is 12.5. The van der Waals surface area contributed by atoms with E-state index in [0.29, 0.717) is 13.0 Å². The maximum atomic E-state index is 11.4. The van der Waals surface area contributed by atoms with Crippen LogP contribution in [0.3, 0.4) is 0 Å². The van der Waals surface area contributed by atoms with Crippen LogP contribution < -0.4 is 11.1 Å². The van der Waals surface area contributed by atoms with Gasteiger partial charge in [0.05, 0.1) is 23.3 Å². The highest BCUT2D eigenvalue weighted by molar-refractivity contribution is 7.09. The lowest BCUT2D eigenvalue weighted by molar-refractivity contribution is -0.122. The number of hydrogen-bond acceptors (Lipinski definition) is 4. The molecule has 1 atom stereocenters. The minimum atomic E-state index is -0.408. The zero-order valence-electron chi connectivity index (χ0n) is 9.12. The number of thiazole rings is 1. The zero-order valence-corrected chi connectivity index (χ0v) is 9.93. The second kappa shape index (κ2) is 5.82. The summed E-state index contributed by atoms with van der Waals surface area (Å²) in [5.41, 5.74) is 6.49. The van der Waals surface area contributed by atoms with Crippen molar-refractivity contribution in [2.45, 2.75) is 39.3 Å². The van der Waals surface area contributed by atoms with Crippen LogP contribution in [-0.2, 0) is 17.8 Å². The Kier molecular flexibility index (Phi) is 4.71. The standard InChI is InChI=1S/C10H17N3OS/c1-3-8(11)10(14)12-5-7-6-15-9(4-2)13-7/h6,8H,3-5,11H2,1-2H3,(H,12,14)/t8-/m0/s1. The van der Waals surface area contributed by atoms with Crippen molar-refractivity contribution >= 4 is 17.2 Å². The number of nitrogens with two attached hydrogens (primary N) is 1. The molecule has 1 amide bonds. The minimum Gasteiger partial charge on any atom is -0.349 e. The van der Waals surface area contributed by atoms with Gasteiger partial charge in [-0.2, -0.15) is 0 Å². The quantitative estimate of drug-likeness (QED) is 0.790. The van der Waals surface area contributed by atoms with Crippen molar-refractivity contribution in [3.8, 4) is 0 Å². The molecule has 1 heterocycles. The lowest BCUT2D eigenvalue weighted by Crippen LogP contribution is -2.39. The summed E-state index contributed by atoms with van der Waals surface area (Å²) in [6.45, 7) is 4.43. The van der Waals surface area contributed by atoms with Gasteiger partial charge in [0.25, 0.3) is 0 Å². The summed E-state index contributed by atoms with van der Waals surface area (Å²) < 4.78 is 0. The van der Waals surface area contributed by atoms with Crippen LogP contribution in [0.1, 0.15) is 31.0 Å². The maximum Gasteiger partial charge on any atom is 0.237 e. The highest BCUT2D eigenvalue weighted by atomic mass is 32.1. The number of aromatic nitrogens is 1. The molecular weight excluding hydrogens is 210 g/mol. The van der Waals surface area contributed by atoms with Crippen molar-refractivity contribution in [1.82, 2.24) is 10.3 Å². The molecule has 0 radical (unpaired) electrons. The monoisotopic (exact) mass is 227 g/mol. The molecule has 0 saturated heterocycles. The molecule has 3 N–H and O–H groups in total. The van der Waals surface area contributed by atoms with Gasteiger partial charge >= 0.3 is 0 Å². The van der Waals surface area contributed by atoms with Crippen LogP contribution in [0.15, 0.2) is 5.38 Å². The number of nitrogens with one attached hydrogen (secondary N) is 1. The Morgan fingerprint density at radius 3 is 2.93 bits per heavy atom. The van der Waals surface area contributed by atoms with Gasteiger partial charge in [-0.1, -0.05) is 13.8 Å². The topological polar surface area (TPSA) is 68.0 Å². The summed E-state index contributed by atoms with van der Waals surface area (Å²) in [7, 11) is 0. The molecule has 1 aromatic heterocycles. The van der Waals surface area contributed by atoms with E-state index in [1.807, 2.05) is 12.3 Å². The van der Waals surface area contributed by atoms with Gasteiger partial charge in [-0.05, 0) is 12.8 Å². The Morgan fingerprint density at radius 2 is 2.40 bits per heavy atom. The fourth-order valence-electron chi connectivity index (χ4n) is 1.09. The van der Waals surface area contributed by atoms with Gasteiger partial charge in [0.2, 0.25) is 5.91 Å². The number of carbonyl (C=O) groups excluding carboxylic acids is 1. The lowest BCUT2D eigenvalue weighted by atomic mass is 10.2. The Morgan fingerprint density at radius 1 is 1.67 bits per heavy atom. The van der Waals surface area contributed by atoms with E-state index in [0.717, 1.165) is 17.1 Å². The molecule has 84 valence electrons. The first-order valence-electron chi connectivity index (χ1n) is 5.13. The summed E-state index contributed by atoms with van der Waals surface area (Å²) in [5.74, 6) is -0.108. The third-order valence-corrected chi connectivity index (χ3v) is 3.16. The van der Waals surface area contributed by atoms with Crippen molar-refractivity contribution in [2.24, 2.45) is 5.73 Å². The third-order valence-electron chi connectivity index (χ3n) is 2.12. The second-order valence-electron chi connectivity index (χ2n) is 3.32. The molecule has 0 aliphatic rings. The largest absolute Gasteiger partial charge is 0.349 e. The Bertz CT molecular complexity index is 324. The first-order chi connectivity index (χ1) is 7.17. The summed E-state index contributed by atoms with van der Waals surface area (Å²) in [6, 6.07) is -0.408. The lowest BCUT2D eigenvalue weighted by Gasteiger charge is -2.08. The molecule has 0 unspecified atom stereocenters. The average Bonchev–Trinajstić information content (AvgIpc) is 2.72. The molecule has 5 heteroatoms. The molecule has 0 aliphatic carbocycles. The molecule has 0 spiro atoms. The van der Waals surface area contributed by atoms with E-state index in [2.05, 4.69) is 17.2 Å². The van der Waals surface area contributed by atoms with Gasteiger partial charge < -0.3 is 11.1 Å². The minimum absolute atomic E-state index is 0.108. The molecule has 1 aromatic rings. The molecule has 0 bridgehead atoms. The van der Waals surface area contributed by atoms with Gasteiger partial charge in [-0.3, -0.25) is 4.79 Å². The Hall–Kier alpha value is -0.940. The highest BCUT2D eigenvalue weighted by Gasteiger charge is 2.10. The second-order valence-corrected chi connectivity index (χ2v) is 4.26. The number of nitrogens with zero attached hydrogens (tertiary/aromatic N) is 1. The number of aryl methyl sites for hydroxylation is 1. The molecule has 15 heavy (non-hydrogen) atoms. The van der Waals surface area contributed by atoms with Crippen molar-refractivity contribution < 1.29 is 4.79 Å². The van der Waals surface area contributed by atoms with E-state index in [9.17, 15) is 4.79 Å². The summed E-state index contributed by atoms with van der Waals surface area (Å²) >= 11 is 1.62. The van der Waals surface area contributed by atoms with Crippen molar-refractivity contribution in [2.75, 3.05) is 0 Å². The van der Waals surface area contributed by atoms with Crippen molar-refractivity contribution in [1.29, 1.82) is 0 Å². The van der Waals surface area contributed by atoms with Crippen LogP contribution >= 0.6 is 11.3 Å². The van der Waals surface area contributed by atoms with Crippen LogP contribution in [0.4, 0.5) is 0 Å². The predicted octanol–water partition coefficient (Wildman–Crippen LogP) is 1.06. The molecule has 1 rings (SSSR count). The molecule has 4 nitrogen and oxygen atoms in total. The van der Waals surface area contributed by atoms with E-state index in [1.54, 1.807) is 11.3 Å². The van der Waals surface area contributed by atoms with Gasteiger partial charge in [0.1, 0.15) is 0 Å². The SMILES string of the molecule is CCc1nc(CNC(=O)[C@@H](N)CC)cs1. The third kappa shape index (κ3) is 3.60. The Labute approximate surface area is 93.9 Å². The predicted molar refractivity (Wildman–Crippen MR) is 61.6 cm³/mol. The fourth-order valence-corrected chi connectivity index (χ4v) is 1.83. The molecule has 0 fully saturated rings. The fraction of sp³-hybridized carbons (Fsp3) is 0.600. The number of amides is 1. The number of carbonyl (C=O) groups is 1. The highest BCUT2D eigenvalue weighted by Crippen LogP contribution is 2.09. The van der Waals surface area contributed by atoms with Gasteiger partial charge in [0, 0.05) is 5.38 Å². The average molecular weight is 227 g/mol. The van der Waals surface area contributed by atoms with Crippen molar-refractivity contribution in [3.63, 3.8) is 0 Å². The number of hydrogen-bond donors (Lipinski definition) is 2. The summed E-state index contributed by atoms with van der Waals surface area (Å²) in [6.07, 6.45) is 1.59. The van der Waals surface area contributed by atoms with Crippen LogP contribution in [-0.4, -0.2) is 16.9 Å². The van der Waals surface area contributed by atoms with E-state index in [1.165, 1.54) is 0 Å². The summed E-state index contributed by atoms with van der Waals surface area (Å²) in [4.78, 5) is 15.7. The smallest absolute Gasteiger partial charge is 0.237 e. The van der Waals surface area contributed by atoms with E-state index < -0.39 is 6.04 Å². The van der Waals surface area contributed by atoms with Crippen LogP contribution in [0, 0.1) is 0 Å². The maximum absolute atomic E-state index is 11.4. The van der Waals surface area contributed by atoms with E-state index in [-0.39, 0.29) is 5.91 Å². The number of rotatable bonds is 5. The zero-order chi connectivity index (χ0) is 11.3. The van der Waals surface area contributed by atoms with Gasteiger partial charge in [-0.25, -0.2) is 4.98 Å². The first kappa shape index (κ1) is 12.1. The molecule has 0 saturated carbocycles.